The smallest absolute Gasteiger partial charge is 0.233 e. The number of hydrogen-bond donors (Lipinski definition) is 0. The molecular formula is C26H32ClN5O3S. The highest BCUT2D eigenvalue weighted by Gasteiger charge is 2.40. The molecule has 3 fully saturated rings. The molecule has 3 saturated heterocycles. The van der Waals surface area contributed by atoms with Crippen LogP contribution >= 0.6 is 23.4 Å². The zero-order chi connectivity index (χ0) is 24.8. The molecule has 1 spiro atoms. The van der Waals surface area contributed by atoms with Crippen molar-refractivity contribution < 1.29 is 14.3 Å². The van der Waals surface area contributed by atoms with E-state index in [4.69, 9.17) is 21.1 Å². The molecular weight excluding hydrogens is 498 g/mol. The molecule has 1 aromatic carbocycles. The number of piperazine rings is 1. The first-order valence-corrected chi connectivity index (χ1v) is 13.9. The SMILES string of the molecule is O=C(CSc1nc(Cl)cc(N2CCC3(CC2)OCCO3)n1)N1CCN(C/C=C/c2ccccc2)CC1. The van der Waals surface area contributed by atoms with Crippen molar-refractivity contribution in [1.82, 2.24) is 19.8 Å². The van der Waals surface area contributed by atoms with Gasteiger partial charge in [-0.15, -0.1) is 0 Å². The van der Waals surface area contributed by atoms with Crippen molar-refractivity contribution >= 4 is 41.2 Å². The van der Waals surface area contributed by atoms with E-state index in [1.165, 1.54) is 17.3 Å². The summed E-state index contributed by atoms with van der Waals surface area (Å²) in [6.07, 6.45) is 5.92. The van der Waals surface area contributed by atoms with Crippen LogP contribution in [0.15, 0.2) is 47.6 Å². The van der Waals surface area contributed by atoms with Gasteiger partial charge in [0.05, 0.1) is 19.0 Å². The lowest BCUT2D eigenvalue weighted by Crippen LogP contribution is -2.49. The predicted molar refractivity (Wildman–Crippen MR) is 142 cm³/mol. The first kappa shape index (κ1) is 25.5. The van der Waals surface area contributed by atoms with Crippen molar-refractivity contribution in [3.8, 4) is 0 Å². The number of hydrogen-bond acceptors (Lipinski definition) is 8. The summed E-state index contributed by atoms with van der Waals surface area (Å²) in [5, 5.41) is 0.921. The molecule has 4 heterocycles. The normalized spacial score (nSPS) is 20.5. The lowest BCUT2D eigenvalue weighted by molar-refractivity contribution is -0.169. The first-order valence-electron chi connectivity index (χ1n) is 12.5. The van der Waals surface area contributed by atoms with Gasteiger partial charge < -0.3 is 19.3 Å². The highest BCUT2D eigenvalue weighted by molar-refractivity contribution is 7.99. The second-order valence-corrected chi connectivity index (χ2v) is 10.5. The van der Waals surface area contributed by atoms with Crippen molar-refractivity contribution in [3.63, 3.8) is 0 Å². The zero-order valence-electron chi connectivity index (χ0n) is 20.4. The van der Waals surface area contributed by atoms with E-state index in [9.17, 15) is 4.79 Å². The van der Waals surface area contributed by atoms with Crippen LogP contribution in [-0.4, -0.2) is 96.2 Å². The molecule has 192 valence electrons. The molecule has 10 heteroatoms. The van der Waals surface area contributed by atoms with Gasteiger partial charge >= 0.3 is 0 Å². The molecule has 5 rings (SSSR count). The van der Waals surface area contributed by atoms with Gasteiger partial charge in [-0.3, -0.25) is 9.69 Å². The van der Waals surface area contributed by atoms with E-state index in [1.54, 1.807) is 6.07 Å². The van der Waals surface area contributed by atoms with Gasteiger partial charge in [0.25, 0.3) is 0 Å². The number of thioether (sulfide) groups is 1. The highest BCUT2D eigenvalue weighted by atomic mass is 35.5. The molecule has 8 nitrogen and oxygen atoms in total. The number of amides is 1. The topological polar surface area (TPSA) is 71.0 Å². The Kier molecular flexibility index (Phi) is 8.43. The maximum atomic E-state index is 12.8. The third-order valence-electron chi connectivity index (χ3n) is 6.85. The van der Waals surface area contributed by atoms with Crippen molar-refractivity contribution in [3.05, 3.63) is 53.2 Å². The molecule has 0 unspecified atom stereocenters. The Morgan fingerprint density at radius 2 is 1.75 bits per heavy atom. The van der Waals surface area contributed by atoms with E-state index in [0.29, 0.717) is 29.3 Å². The van der Waals surface area contributed by atoms with Gasteiger partial charge in [-0.25, -0.2) is 9.97 Å². The third-order valence-corrected chi connectivity index (χ3v) is 7.87. The second kappa shape index (κ2) is 11.9. The molecule has 0 bridgehead atoms. The average Bonchev–Trinajstić information content (AvgIpc) is 3.36. The van der Waals surface area contributed by atoms with Crippen LogP contribution in [0.1, 0.15) is 18.4 Å². The summed E-state index contributed by atoms with van der Waals surface area (Å²) >= 11 is 7.65. The Morgan fingerprint density at radius 3 is 2.47 bits per heavy atom. The standard InChI is InChI=1S/C26H32ClN5O3S/c27-22-19-23(31-11-8-26(9-12-31)34-17-18-35-26)29-25(28-22)36-20-24(33)32-15-13-30(14-16-32)10-4-7-21-5-2-1-3-6-21/h1-7,19H,8-18,20H2/b7-4+. The van der Waals surface area contributed by atoms with Gasteiger partial charge in [0.15, 0.2) is 10.9 Å². The lowest BCUT2D eigenvalue weighted by atomic mass is 10.0. The monoisotopic (exact) mass is 529 g/mol. The molecule has 0 saturated carbocycles. The van der Waals surface area contributed by atoms with Crippen LogP contribution in [0.3, 0.4) is 0 Å². The van der Waals surface area contributed by atoms with Crippen LogP contribution in [0.4, 0.5) is 5.82 Å². The number of benzene rings is 1. The Bertz CT molecular complexity index is 1050. The molecule has 0 N–H and O–H groups in total. The van der Waals surface area contributed by atoms with Crippen molar-refractivity contribution in [2.24, 2.45) is 0 Å². The minimum absolute atomic E-state index is 0.111. The minimum Gasteiger partial charge on any atom is -0.356 e. The number of ether oxygens (including phenoxy) is 2. The Morgan fingerprint density at radius 1 is 1.03 bits per heavy atom. The van der Waals surface area contributed by atoms with Crippen LogP contribution in [0.25, 0.3) is 6.08 Å². The number of aromatic nitrogens is 2. The zero-order valence-corrected chi connectivity index (χ0v) is 21.9. The average molecular weight is 530 g/mol. The van der Waals surface area contributed by atoms with Gasteiger partial charge in [-0.1, -0.05) is 65.8 Å². The molecule has 1 aromatic heterocycles. The number of nitrogens with zero attached hydrogens (tertiary/aromatic N) is 5. The summed E-state index contributed by atoms with van der Waals surface area (Å²) in [6.45, 7) is 6.99. The molecule has 3 aliphatic heterocycles. The number of halogens is 1. The van der Waals surface area contributed by atoms with E-state index in [1.807, 2.05) is 23.1 Å². The van der Waals surface area contributed by atoms with Gasteiger partial charge in [-0.05, 0) is 5.56 Å². The van der Waals surface area contributed by atoms with Crippen LogP contribution in [0.2, 0.25) is 5.15 Å². The van der Waals surface area contributed by atoms with Gasteiger partial charge in [-0.2, -0.15) is 0 Å². The van der Waals surface area contributed by atoms with Gasteiger partial charge in [0.2, 0.25) is 5.91 Å². The number of carbonyl (C=O) groups excluding carboxylic acids is 1. The summed E-state index contributed by atoms with van der Waals surface area (Å²) in [5.41, 5.74) is 1.20. The largest absolute Gasteiger partial charge is 0.356 e. The molecule has 0 atom stereocenters. The lowest BCUT2D eigenvalue weighted by Gasteiger charge is -2.38. The van der Waals surface area contributed by atoms with E-state index in [0.717, 1.165) is 64.5 Å². The van der Waals surface area contributed by atoms with Crippen molar-refractivity contribution in [1.29, 1.82) is 0 Å². The van der Waals surface area contributed by atoms with E-state index in [-0.39, 0.29) is 5.91 Å². The minimum atomic E-state index is -0.431. The van der Waals surface area contributed by atoms with E-state index in [2.05, 4.69) is 44.1 Å². The fourth-order valence-corrected chi connectivity index (χ4v) is 5.76. The van der Waals surface area contributed by atoms with Crippen LogP contribution in [-0.2, 0) is 14.3 Å². The van der Waals surface area contributed by atoms with Crippen molar-refractivity contribution in [2.45, 2.75) is 23.8 Å². The Balaban J connectivity index is 1.07. The molecule has 2 aromatic rings. The molecule has 0 aliphatic carbocycles. The van der Waals surface area contributed by atoms with Crippen LogP contribution < -0.4 is 4.90 Å². The summed E-state index contributed by atoms with van der Waals surface area (Å²) in [4.78, 5) is 28.3. The quantitative estimate of drug-likeness (QED) is 0.307. The number of carbonyl (C=O) groups is 1. The van der Waals surface area contributed by atoms with E-state index < -0.39 is 5.79 Å². The third kappa shape index (κ3) is 6.58. The van der Waals surface area contributed by atoms with Gasteiger partial charge in [0.1, 0.15) is 11.0 Å². The maximum absolute atomic E-state index is 12.8. The van der Waals surface area contributed by atoms with Gasteiger partial charge in [0, 0.05) is 64.7 Å². The molecule has 3 aliphatic rings. The summed E-state index contributed by atoms with van der Waals surface area (Å²) in [5.74, 6) is 0.771. The van der Waals surface area contributed by atoms with E-state index >= 15 is 0 Å². The number of piperidine rings is 1. The fraction of sp³-hybridized carbons (Fsp3) is 0.500. The number of anilines is 1. The van der Waals surface area contributed by atoms with Crippen LogP contribution in [0.5, 0.6) is 0 Å². The number of rotatable bonds is 7. The fourth-order valence-electron chi connectivity index (χ4n) is 4.77. The summed E-state index contributed by atoms with van der Waals surface area (Å²) in [7, 11) is 0. The summed E-state index contributed by atoms with van der Waals surface area (Å²) < 4.78 is 11.6. The highest BCUT2D eigenvalue weighted by Crippen LogP contribution is 2.33. The van der Waals surface area contributed by atoms with Crippen LogP contribution in [0, 0.1) is 0 Å². The van der Waals surface area contributed by atoms with Crippen molar-refractivity contribution in [2.75, 3.05) is 69.7 Å². The maximum Gasteiger partial charge on any atom is 0.233 e. The molecule has 0 radical (unpaired) electrons. The Hall–Kier alpha value is -2.17. The summed E-state index contributed by atoms with van der Waals surface area (Å²) in [6, 6.07) is 12.1. The predicted octanol–water partition coefficient (Wildman–Crippen LogP) is 3.42. The Labute approximate surface area is 221 Å². The first-order chi connectivity index (χ1) is 17.6. The molecule has 1 amide bonds. The second-order valence-electron chi connectivity index (χ2n) is 9.21. The molecule has 36 heavy (non-hydrogen) atoms.